The zero-order valence-electron chi connectivity index (χ0n) is 9.43. The standard InChI is InChI=1S/C12H13N3OS/c1-14-11(16)10-7-17-12(15-10)9-4-2-3-8(5-9)6-13/h2-5,7H,6,13H2,1H3,(H,14,16). The van der Waals surface area contributed by atoms with Crippen LogP contribution in [-0.2, 0) is 6.54 Å². The maximum Gasteiger partial charge on any atom is 0.270 e. The van der Waals surface area contributed by atoms with Crippen LogP contribution in [0.15, 0.2) is 29.6 Å². The van der Waals surface area contributed by atoms with E-state index in [0.29, 0.717) is 12.2 Å². The average Bonchev–Trinajstić information content (AvgIpc) is 2.87. The molecule has 2 aromatic rings. The predicted octanol–water partition coefficient (Wildman–Crippen LogP) is 1.63. The number of thiazole rings is 1. The minimum Gasteiger partial charge on any atom is -0.354 e. The van der Waals surface area contributed by atoms with Gasteiger partial charge in [0.25, 0.3) is 5.91 Å². The quantitative estimate of drug-likeness (QED) is 0.866. The van der Waals surface area contributed by atoms with Gasteiger partial charge >= 0.3 is 0 Å². The summed E-state index contributed by atoms with van der Waals surface area (Å²) in [5.74, 6) is -0.164. The molecule has 0 bridgehead atoms. The molecule has 0 radical (unpaired) electrons. The van der Waals surface area contributed by atoms with Crippen LogP contribution in [0.25, 0.3) is 10.6 Å². The molecule has 2 rings (SSSR count). The summed E-state index contributed by atoms with van der Waals surface area (Å²) in [6.45, 7) is 0.502. The van der Waals surface area contributed by atoms with E-state index < -0.39 is 0 Å². The second-order valence-electron chi connectivity index (χ2n) is 3.52. The van der Waals surface area contributed by atoms with Gasteiger partial charge in [-0.15, -0.1) is 11.3 Å². The number of carbonyl (C=O) groups excluding carboxylic acids is 1. The Bertz CT molecular complexity index is 536. The van der Waals surface area contributed by atoms with Crippen molar-refractivity contribution >= 4 is 17.2 Å². The largest absolute Gasteiger partial charge is 0.354 e. The number of benzene rings is 1. The van der Waals surface area contributed by atoms with Gasteiger partial charge in [-0.05, 0) is 11.6 Å². The first-order valence-electron chi connectivity index (χ1n) is 5.21. The van der Waals surface area contributed by atoms with Crippen molar-refractivity contribution < 1.29 is 4.79 Å². The highest BCUT2D eigenvalue weighted by molar-refractivity contribution is 7.13. The molecule has 0 atom stereocenters. The molecule has 3 N–H and O–H groups in total. The van der Waals surface area contributed by atoms with Crippen molar-refractivity contribution in [3.63, 3.8) is 0 Å². The number of nitrogens with zero attached hydrogens (tertiary/aromatic N) is 1. The molecule has 4 nitrogen and oxygen atoms in total. The minimum atomic E-state index is -0.164. The molecule has 0 unspecified atom stereocenters. The first-order valence-corrected chi connectivity index (χ1v) is 6.09. The Morgan fingerprint density at radius 3 is 3.06 bits per heavy atom. The molecule has 17 heavy (non-hydrogen) atoms. The number of rotatable bonds is 3. The fraction of sp³-hybridized carbons (Fsp3) is 0.167. The lowest BCUT2D eigenvalue weighted by atomic mass is 10.1. The highest BCUT2D eigenvalue weighted by atomic mass is 32.1. The van der Waals surface area contributed by atoms with Gasteiger partial charge in [-0.25, -0.2) is 4.98 Å². The van der Waals surface area contributed by atoms with Gasteiger partial charge in [0.15, 0.2) is 0 Å². The summed E-state index contributed by atoms with van der Waals surface area (Å²) in [7, 11) is 1.59. The fourth-order valence-corrected chi connectivity index (χ4v) is 2.27. The van der Waals surface area contributed by atoms with Crippen LogP contribution in [0.2, 0.25) is 0 Å². The third-order valence-electron chi connectivity index (χ3n) is 2.37. The zero-order chi connectivity index (χ0) is 12.3. The van der Waals surface area contributed by atoms with Gasteiger partial charge in [-0.2, -0.15) is 0 Å². The van der Waals surface area contributed by atoms with Crippen molar-refractivity contribution in [2.45, 2.75) is 6.54 Å². The second-order valence-corrected chi connectivity index (χ2v) is 4.38. The summed E-state index contributed by atoms with van der Waals surface area (Å²) < 4.78 is 0. The Balaban J connectivity index is 2.33. The summed E-state index contributed by atoms with van der Waals surface area (Å²) in [6.07, 6.45) is 0. The van der Waals surface area contributed by atoms with Gasteiger partial charge in [-0.3, -0.25) is 4.79 Å². The van der Waals surface area contributed by atoms with Crippen molar-refractivity contribution in [2.24, 2.45) is 5.73 Å². The molecule has 5 heteroatoms. The normalized spacial score (nSPS) is 10.2. The molecule has 0 saturated heterocycles. The minimum absolute atomic E-state index is 0.164. The molecular weight excluding hydrogens is 234 g/mol. The van der Waals surface area contributed by atoms with Crippen molar-refractivity contribution in [1.82, 2.24) is 10.3 Å². The number of nitrogens with one attached hydrogen (secondary N) is 1. The Kier molecular flexibility index (Phi) is 3.51. The van der Waals surface area contributed by atoms with Gasteiger partial charge < -0.3 is 11.1 Å². The lowest BCUT2D eigenvalue weighted by Crippen LogP contribution is -2.17. The van der Waals surface area contributed by atoms with Crippen LogP contribution in [-0.4, -0.2) is 17.9 Å². The van der Waals surface area contributed by atoms with E-state index in [2.05, 4.69) is 10.3 Å². The third kappa shape index (κ3) is 2.51. The van der Waals surface area contributed by atoms with Gasteiger partial charge in [0, 0.05) is 24.5 Å². The lowest BCUT2D eigenvalue weighted by molar-refractivity contribution is 0.0959. The van der Waals surface area contributed by atoms with Gasteiger partial charge in [0.05, 0.1) is 0 Å². The molecule has 0 aliphatic rings. The molecule has 0 aliphatic heterocycles. The number of hydrogen-bond donors (Lipinski definition) is 2. The van der Waals surface area contributed by atoms with E-state index in [0.717, 1.165) is 16.1 Å². The summed E-state index contributed by atoms with van der Waals surface area (Å²) in [4.78, 5) is 15.7. The highest BCUT2D eigenvalue weighted by Crippen LogP contribution is 2.24. The zero-order valence-corrected chi connectivity index (χ0v) is 10.3. The smallest absolute Gasteiger partial charge is 0.270 e. The first-order chi connectivity index (χ1) is 8.24. The molecule has 0 fully saturated rings. The van der Waals surface area contributed by atoms with E-state index in [1.807, 2.05) is 24.3 Å². The van der Waals surface area contributed by atoms with Crippen molar-refractivity contribution in [3.05, 3.63) is 40.9 Å². The Labute approximate surface area is 103 Å². The summed E-state index contributed by atoms with van der Waals surface area (Å²) >= 11 is 1.45. The molecule has 1 aromatic carbocycles. The Morgan fingerprint density at radius 2 is 2.35 bits per heavy atom. The number of aromatic nitrogens is 1. The molecule has 1 amide bonds. The van der Waals surface area contributed by atoms with Crippen molar-refractivity contribution in [2.75, 3.05) is 7.05 Å². The van der Waals surface area contributed by atoms with Gasteiger partial charge in [-0.1, -0.05) is 18.2 Å². The molecule has 0 saturated carbocycles. The number of amides is 1. The van der Waals surface area contributed by atoms with Crippen molar-refractivity contribution in [3.8, 4) is 10.6 Å². The number of hydrogen-bond acceptors (Lipinski definition) is 4. The van der Waals surface area contributed by atoms with E-state index in [4.69, 9.17) is 5.73 Å². The molecular formula is C12H13N3OS. The Morgan fingerprint density at radius 1 is 1.53 bits per heavy atom. The number of carbonyl (C=O) groups is 1. The average molecular weight is 247 g/mol. The maximum atomic E-state index is 11.4. The summed E-state index contributed by atoms with van der Waals surface area (Å²) in [6, 6.07) is 7.87. The van der Waals surface area contributed by atoms with E-state index in [1.165, 1.54) is 11.3 Å². The second kappa shape index (κ2) is 5.07. The lowest BCUT2D eigenvalue weighted by Gasteiger charge is -1.99. The molecule has 0 aliphatic carbocycles. The first kappa shape index (κ1) is 11.8. The Hall–Kier alpha value is -1.72. The van der Waals surface area contributed by atoms with Crippen LogP contribution in [0, 0.1) is 0 Å². The van der Waals surface area contributed by atoms with Gasteiger partial charge in [0.1, 0.15) is 10.7 Å². The van der Waals surface area contributed by atoms with E-state index in [-0.39, 0.29) is 5.91 Å². The summed E-state index contributed by atoms with van der Waals surface area (Å²) in [5, 5.41) is 5.14. The van der Waals surface area contributed by atoms with E-state index >= 15 is 0 Å². The van der Waals surface area contributed by atoms with Gasteiger partial charge in [0.2, 0.25) is 0 Å². The molecule has 0 spiro atoms. The predicted molar refractivity (Wildman–Crippen MR) is 68.8 cm³/mol. The monoisotopic (exact) mass is 247 g/mol. The molecule has 1 heterocycles. The number of nitrogens with two attached hydrogens (primary N) is 1. The van der Waals surface area contributed by atoms with Crippen LogP contribution < -0.4 is 11.1 Å². The van der Waals surface area contributed by atoms with Crippen molar-refractivity contribution in [1.29, 1.82) is 0 Å². The molecule has 88 valence electrons. The topological polar surface area (TPSA) is 68.0 Å². The molecule has 1 aromatic heterocycles. The fourth-order valence-electron chi connectivity index (χ4n) is 1.47. The van der Waals surface area contributed by atoms with Crippen LogP contribution in [0.3, 0.4) is 0 Å². The van der Waals surface area contributed by atoms with Crippen LogP contribution in [0.1, 0.15) is 16.1 Å². The highest BCUT2D eigenvalue weighted by Gasteiger charge is 2.10. The van der Waals surface area contributed by atoms with Crippen LogP contribution in [0.5, 0.6) is 0 Å². The summed E-state index contributed by atoms with van der Waals surface area (Å²) in [5.41, 5.74) is 8.09. The van der Waals surface area contributed by atoms with E-state index in [1.54, 1.807) is 12.4 Å². The maximum absolute atomic E-state index is 11.4. The SMILES string of the molecule is CNC(=O)c1csc(-c2cccc(CN)c2)n1. The van der Waals surface area contributed by atoms with Crippen LogP contribution >= 0.6 is 11.3 Å². The van der Waals surface area contributed by atoms with Crippen LogP contribution in [0.4, 0.5) is 0 Å². The van der Waals surface area contributed by atoms with E-state index in [9.17, 15) is 4.79 Å². The third-order valence-corrected chi connectivity index (χ3v) is 3.26.